The van der Waals surface area contributed by atoms with Gasteiger partial charge in [-0.15, -0.1) is 0 Å². The third kappa shape index (κ3) is 3.66. The summed E-state index contributed by atoms with van der Waals surface area (Å²) in [4.78, 5) is 8.71. The maximum atomic E-state index is 13.2. The van der Waals surface area contributed by atoms with Crippen molar-refractivity contribution >= 4 is 17.5 Å². The highest BCUT2D eigenvalue weighted by molar-refractivity contribution is 5.58. The van der Waals surface area contributed by atoms with Crippen molar-refractivity contribution < 1.29 is 4.39 Å². The minimum Gasteiger partial charge on any atom is -0.354 e. The van der Waals surface area contributed by atoms with Crippen LogP contribution in [0.15, 0.2) is 24.3 Å². The molecule has 0 atom stereocenters. The number of benzene rings is 1. The molecule has 1 heterocycles. The Kier molecular flexibility index (Phi) is 4.50. The van der Waals surface area contributed by atoms with E-state index in [4.69, 9.17) is 0 Å². The number of aromatic nitrogens is 2. The fourth-order valence-corrected chi connectivity index (χ4v) is 1.82. The number of nitrogens with one attached hydrogen (secondary N) is 2. The third-order valence-corrected chi connectivity index (χ3v) is 2.82. The first-order chi connectivity index (χ1) is 9.58. The fraction of sp³-hybridized carbons (Fsp3) is 0.333. The number of halogens is 1. The molecule has 2 aromatic rings. The van der Waals surface area contributed by atoms with E-state index in [1.54, 1.807) is 19.1 Å². The monoisotopic (exact) mass is 274 g/mol. The summed E-state index contributed by atoms with van der Waals surface area (Å²) in [6.45, 7) is 6.57. The van der Waals surface area contributed by atoms with Gasteiger partial charge in [0.1, 0.15) is 11.6 Å². The van der Waals surface area contributed by atoms with Gasteiger partial charge < -0.3 is 10.6 Å². The number of hydrogen-bond acceptors (Lipinski definition) is 4. The fourth-order valence-electron chi connectivity index (χ4n) is 1.82. The molecule has 0 saturated heterocycles. The van der Waals surface area contributed by atoms with E-state index in [9.17, 15) is 4.39 Å². The van der Waals surface area contributed by atoms with Gasteiger partial charge in [-0.3, -0.25) is 0 Å². The molecular formula is C15H19FN4. The van der Waals surface area contributed by atoms with Crippen molar-refractivity contribution in [1.29, 1.82) is 0 Å². The van der Waals surface area contributed by atoms with E-state index in [1.807, 2.05) is 13.0 Å². The van der Waals surface area contributed by atoms with Crippen LogP contribution in [0, 0.1) is 19.7 Å². The highest BCUT2D eigenvalue weighted by Crippen LogP contribution is 2.19. The van der Waals surface area contributed by atoms with E-state index in [0.29, 0.717) is 17.3 Å². The van der Waals surface area contributed by atoms with Gasteiger partial charge in [0.25, 0.3) is 0 Å². The lowest BCUT2D eigenvalue weighted by atomic mass is 10.2. The molecule has 2 N–H and O–H groups in total. The van der Waals surface area contributed by atoms with Crippen LogP contribution in [-0.4, -0.2) is 16.5 Å². The number of hydrogen-bond donors (Lipinski definition) is 2. The lowest BCUT2D eigenvalue weighted by Gasteiger charge is -2.10. The Bertz CT molecular complexity index is 598. The van der Waals surface area contributed by atoms with Crippen molar-refractivity contribution in [3.8, 4) is 0 Å². The predicted molar refractivity (Wildman–Crippen MR) is 80.0 cm³/mol. The molecule has 0 fully saturated rings. The third-order valence-electron chi connectivity index (χ3n) is 2.82. The quantitative estimate of drug-likeness (QED) is 0.870. The van der Waals surface area contributed by atoms with E-state index in [-0.39, 0.29) is 5.82 Å². The highest BCUT2D eigenvalue weighted by atomic mass is 19.1. The number of nitrogens with zero attached hydrogens (tertiary/aromatic N) is 2. The van der Waals surface area contributed by atoms with Gasteiger partial charge in [0.2, 0.25) is 5.95 Å². The Labute approximate surface area is 118 Å². The van der Waals surface area contributed by atoms with E-state index in [1.165, 1.54) is 6.07 Å². The summed E-state index contributed by atoms with van der Waals surface area (Å²) in [5, 5.41) is 6.33. The molecule has 0 amide bonds. The van der Waals surface area contributed by atoms with Gasteiger partial charge in [0, 0.05) is 24.0 Å². The zero-order chi connectivity index (χ0) is 14.5. The molecule has 0 spiro atoms. The molecule has 20 heavy (non-hydrogen) atoms. The summed E-state index contributed by atoms with van der Waals surface area (Å²) < 4.78 is 13.2. The smallest absolute Gasteiger partial charge is 0.224 e. The number of rotatable bonds is 5. The van der Waals surface area contributed by atoms with Crippen LogP contribution in [0.1, 0.15) is 24.6 Å². The Balaban J connectivity index is 2.19. The van der Waals surface area contributed by atoms with Crippen molar-refractivity contribution in [2.45, 2.75) is 27.2 Å². The van der Waals surface area contributed by atoms with Crippen LogP contribution in [0.4, 0.5) is 21.8 Å². The van der Waals surface area contributed by atoms with E-state index in [2.05, 4.69) is 27.5 Å². The number of anilines is 3. The van der Waals surface area contributed by atoms with E-state index >= 15 is 0 Å². The first-order valence-corrected chi connectivity index (χ1v) is 6.71. The summed E-state index contributed by atoms with van der Waals surface area (Å²) in [6.07, 6.45) is 1.01. The standard InChI is InChI=1S/C15H19FN4/c1-4-7-17-15-18-11(3)9-14(20-15)19-12-5-6-13(16)10(2)8-12/h5-6,8-9H,4,7H2,1-3H3,(H2,17,18,19,20). The summed E-state index contributed by atoms with van der Waals surface area (Å²) >= 11 is 0. The molecule has 4 nitrogen and oxygen atoms in total. The molecular weight excluding hydrogens is 255 g/mol. The van der Waals surface area contributed by atoms with Crippen molar-refractivity contribution in [2.75, 3.05) is 17.2 Å². The summed E-state index contributed by atoms with van der Waals surface area (Å²) in [7, 11) is 0. The van der Waals surface area contributed by atoms with Gasteiger partial charge in [-0.1, -0.05) is 6.92 Å². The second-order valence-electron chi connectivity index (χ2n) is 4.73. The second-order valence-corrected chi connectivity index (χ2v) is 4.73. The van der Waals surface area contributed by atoms with Gasteiger partial charge in [0.15, 0.2) is 0 Å². The molecule has 1 aromatic carbocycles. The summed E-state index contributed by atoms with van der Waals surface area (Å²) in [5.74, 6) is 1.09. The second kappa shape index (κ2) is 6.32. The SMILES string of the molecule is CCCNc1nc(C)cc(Nc2ccc(F)c(C)c2)n1. The predicted octanol–water partition coefficient (Wildman–Crippen LogP) is 3.80. The molecule has 0 radical (unpaired) electrons. The van der Waals surface area contributed by atoms with Crippen LogP contribution in [-0.2, 0) is 0 Å². The Morgan fingerprint density at radius 1 is 1.15 bits per heavy atom. The minimum atomic E-state index is -0.209. The van der Waals surface area contributed by atoms with E-state index < -0.39 is 0 Å². The molecule has 0 aliphatic rings. The van der Waals surface area contributed by atoms with Crippen LogP contribution >= 0.6 is 0 Å². The Hall–Kier alpha value is -2.17. The van der Waals surface area contributed by atoms with E-state index in [0.717, 1.165) is 24.3 Å². The first kappa shape index (κ1) is 14.2. The minimum absolute atomic E-state index is 0.209. The molecule has 0 unspecified atom stereocenters. The average molecular weight is 274 g/mol. The van der Waals surface area contributed by atoms with Gasteiger partial charge >= 0.3 is 0 Å². The normalized spacial score (nSPS) is 10.4. The van der Waals surface area contributed by atoms with Gasteiger partial charge in [-0.25, -0.2) is 9.37 Å². The molecule has 0 bridgehead atoms. The average Bonchev–Trinajstić information content (AvgIpc) is 2.40. The molecule has 106 valence electrons. The van der Waals surface area contributed by atoms with Crippen molar-refractivity contribution in [1.82, 2.24) is 9.97 Å². The maximum absolute atomic E-state index is 13.2. The molecule has 0 saturated carbocycles. The maximum Gasteiger partial charge on any atom is 0.224 e. The van der Waals surface area contributed by atoms with Crippen LogP contribution in [0.2, 0.25) is 0 Å². The van der Waals surface area contributed by atoms with Gasteiger partial charge in [-0.05, 0) is 44.0 Å². The van der Waals surface area contributed by atoms with Crippen LogP contribution in [0.3, 0.4) is 0 Å². The zero-order valence-corrected chi connectivity index (χ0v) is 12.0. The highest BCUT2D eigenvalue weighted by Gasteiger charge is 2.04. The van der Waals surface area contributed by atoms with Crippen molar-refractivity contribution in [3.05, 3.63) is 41.3 Å². The lowest BCUT2D eigenvalue weighted by Crippen LogP contribution is -2.06. The first-order valence-electron chi connectivity index (χ1n) is 6.71. The summed E-state index contributed by atoms with van der Waals surface area (Å²) in [5.41, 5.74) is 2.29. The zero-order valence-electron chi connectivity index (χ0n) is 12.0. The van der Waals surface area contributed by atoms with Crippen LogP contribution in [0.25, 0.3) is 0 Å². The molecule has 0 aliphatic heterocycles. The molecule has 2 rings (SSSR count). The van der Waals surface area contributed by atoms with Crippen LogP contribution < -0.4 is 10.6 Å². The lowest BCUT2D eigenvalue weighted by molar-refractivity contribution is 0.619. The van der Waals surface area contributed by atoms with Crippen molar-refractivity contribution in [3.63, 3.8) is 0 Å². The van der Waals surface area contributed by atoms with Crippen LogP contribution in [0.5, 0.6) is 0 Å². The Morgan fingerprint density at radius 3 is 2.65 bits per heavy atom. The van der Waals surface area contributed by atoms with Gasteiger partial charge in [0.05, 0.1) is 0 Å². The molecule has 0 aliphatic carbocycles. The molecule has 1 aromatic heterocycles. The van der Waals surface area contributed by atoms with Crippen molar-refractivity contribution in [2.24, 2.45) is 0 Å². The largest absolute Gasteiger partial charge is 0.354 e. The summed E-state index contributed by atoms with van der Waals surface area (Å²) in [6, 6.07) is 6.75. The van der Waals surface area contributed by atoms with Gasteiger partial charge in [-0.2, -0.15) is 4.98 Å². The Morgan fingerprint density at radius 2 is 1.95 bits per heavy atom. The molecule has 5 heteroatoms. The number of aryl methyl sites for hydroxylation is 2. The topological polar surface area (TPSA) is 49.8 Å².